The number of halogens is 1. The summed E-state index contributed by atoms with van der Waals surface area (Å²) < 4.78 is 11.4. The Morgan fingerprint density at radius 1 is 1.25 bits per heavy atom. The lowest BCUT2D eigenvalue weighted by atomic mass is 10.1. The van der Waals surface area contributed by atoms with E-state index in [2.05, 4.69) is 34.2 Å². The van der Waals surface area contributed by atoms with Crippen molar-refractivity contribution in [1.29, 1.82) is 0 Å². The minimum atomic E-state index is -0.204. The van der Waals surface area contributed by atoms with E-state index in [4.69, 9.17) is 9.47 Å². The van der Waals surface area contributed by atoms with Gasteiger partial charge in [-0.15, -0.1) is 0 Å². The molecule has 0 heterocycles. The summed E-state index contributed by atoms with van der Waals surface area (Å²) in [5.74, 6) is 0. The molecule has 0 saturated heterocycles. The van der Waals surface area contributed by atoms with Gasteiger partial charge in [0.05, 0.1) is 0 Å². The number of benzene rings is 1. The van der Waals surface area contributed by atoms with Crippen LogP contribution in [0.3, 0.4) is 0 Å². The highest BCUT2D eigenvalue weighted by Gasteiger charge is 2.11. The Hall–Kier alpha value is -0.420. The van der Waals surface area contributed by atoms with Crippen molar-refractivity contribution in [2.75, 3.05) is 20.8 Å². The number of ether oxygens (including phenoxy) is 2. The van der Waals surface area contributed by atoms with Gasteiger partial charge in [-0.25, -0.2) is 0 Å². The second-order valence-electron chi connectivity index (χ2n) is 3.55. The van der Waals surface area contributed by atoms with E-state index < -0.39 is 0 Å². The van der Waals surface area contributed by atoms with Crippen LogP contribution in [0.1, 0.15) is 18.5 Å². The molecule has 0 unspecified atom stereocenters. The molecule has 0 aliphatic carbocycles. The summed E-state index contributed by atoms with van der Waals surface area (Å²) in [4.78, 5) is 0. The van der Waals surface area contributed by atoms with E-state index in [1.54, 1.807) is 14.2 Å². The van der Waals surface area contributed by atoms with E-state index in [0.29, 0.717) is 6.54 Å². The Kier molecular flexibility index (Phi) is 5.98. The van der Waals surface area contributed by atoms with Crippen molar-refractivity contribution in [2.45, 2.75) is 19.3 Å². The van der Waals surface area contributed by atoms with E-state index in [-0.39, 0.29) is 12.3 Å². The van der Waals surface area contributed by atoms with E-state index in [1.807, 2.05) is 18.2 Å². The van der Waals surface area contributed by atoms with Crippen molar-refractivity contribution in [3.05, 3.63) is 34.3 Å². The summed E-state index contributed by atoms with van der Waals surface area (Å²) in [6.45, 7) is 2.78. The number of hydrogen-bond donors (Lipinski definition) is 1. The first-order valence-electron chi connectivity index (χ1n) is 5.22. The predicted octanol–water partition coefficient (Wildman–Crippen LogP) is 2.72. The Morgan fingerprint density at radius 2 is 1.88 bits per heavy atom. The van der Waals surface area contributed by atoms with Crippen molar-refractivity contribution < 1.29 is 9.47 Å². The van der Waals surface area contributed by atoms with Crippen LogP contribution in [-0.4, -0.2) is 27.1 Å². The molecule has 1 atom stereocenters. The van der Waals surface area contributed by atoms with Crippen LogP contribution in [0.5, 0.6) is 0 Å². The lowest BCUT2D eigenvalue weighted by Crippen LogP contribution is -2.31. The Labute approximate surface area is 105 Å². The van der Waals surface area contributed by atoms with Gasteiger partial charge in [0, 0.05) is 31.3 Å². The standard InChI is InChI=1S/C12H18BrNO2/c1-9(14-8-12(15-2)16-3)10-6-4-5-7-11(10)13/h4-7,9,12,14H,8H2,1-3H3/t9-/m0/s1. The highest BCUT2D eigenvalue weighted by Crippen LogP contribution is 2.22. The molecule has 1 aromatic carbocycles. The van der Waals surface area contributed by atoms with Gasteiger partial charge in [-0.3, -0.25) is 0 Å². The van der Waals surface area contributed by atoms with Gasteiger partial charge in [0.15, 0.2) is 6.29 Å². The molecule has 0 aliphatic heterocycles. The van der Waals surface area contributed by atoms with Crippen LogP contribution in [-0.2, 0) is 9.47 Å². The van der Waals surface area contributed by atoms with Gasteiger partial charge in [0.25, 0.3) is 0 Å². The summed E-state index contributed by atoms with van der Waals surface area (Å²) in [6.07, 6.45) is -0.204. The molecular formula is C12H18BrNO2. The summed E-state index contributed by atoms with van der Waals surface area (Å²) >= 11 is 3.54. The second kappa shape index (κ2) is 7.01. The zero-order valence-corrected chi connectivity index (χ0v) is 11.5. The van der Waals surface area contributed by atoms with E-state index >= 15 is 0 Å². The lowest BCUT2D eigenvalue weighted by Gasteiger charge is -2.19. The van der Waals surface area contributed by atoms with Crippen LogP contribution in [0.4, 0.5) is 0 Å². The third kappa shape index (κ3) is 3.87. The minimum absolute atomic E-state index is 0.204. The smallest absolute Gasteiger partial charge is 0.169 e. The van der Waals surface area contributed by atoms with Crippen molar-refractivity contribution >= 4 is 15.9 Å². The number of methoxy groups -OCH3 is 2. The van der Waals surface area contributed by atoms with Gasteiger partial charge in [0.1, 0.15) is 0 Å². The molecule has 1 aromatic rings. The molecule has 1 N–H and O–H groups in total. The minimum Gasteiger partial charge on any atom is -0.355 e. The van der Waals surface area contributed by atoms with Gasteiger partial charge >= 0.3 is 0 Å². The van der Waals surface area contributed by atoms with E-state index in [9.17, 15) is 0 Å². The highest BCUT2D eigenvalue weighted by atomic mass is 79.9. The zero-order chi connectivity index (χ0) is 12.0. The monoisotopic (exact) mass is 287 g/mol. The molecule has 0 aromatic heterocycles. The van der Waals surface area contributed by atoms with Gasteiger partial charge in [-0.1, -0.05) is 34.1 Å². The van der Waals surface area contributed by atoms with Gasteiger partial charge < -0.3 is 14.8 Å². The molecule has 0 aliphatic rings. The number of nitrogens with one attached hydrogen (secondary N) is 1. The largest absolute Gasteiger partial charge is 0.355 e. The van der Waals surface area contributed by atoms with Crippen LogP contribution in [0.15, 0.2) is 28.7 Å². The lowest BCUT2D eigenvalue weighted by molar-refractivity contribution is -0.0997. The number of hydrogen-bond acceptors (Lipinski definition) is 3. The molecular weight excluding hydrogens is 270 g/mol. The summed E-state index contributed by atoms with van der Waals surface area (Å²) in [6, 6.07) is 8.42. The molecule has 0 radical (unpaired) electrons. The van der Waals surface area contributed by atoms with Crippen molar-refractivity contribution in [2.24, 2.45) is 0 Å². The van der Waals surface area contributed by atoms with Gasteiger partial charge in [-0.2, -0.15) is 0 Å². The third-order valence-electron chi connectivity index (χ3n) is 2.49. The quantitative estimate of drug-likeness (QED) is 0.816. The molecule has 3 nitrogen and oxygen atoms in total. The first kappa shape index (κ1) is 13.6. The molecule has 0 saturated carbocycles. The van der Waals surface area contributed by atoms with Crippen molar-refractivity contribution in [3.63, 3.8) is 0 Å². The average Bonchev–Trinajstić information content (AvgIpc) is 2.30. The topological polar surface area (TPSA) is 30.5 Å². The number of rotatable bonds is 6. The Balaban J connectivity index is 2.52. The first-order valence-corrected chi connectivity index (χ1v) is 6.01. The fraction of sp³-hybridized carbons (Fsp3) is 0.500. The van der Waals surface area contributed by atoms with E-state index in [0.717, 1.165) is 4.47 Å². The maximum atomic E-state index is 5.12. The summed E-state index contributed by atoms with van der Waals surface area (Å²) in [5, 5.41) is 3.36. The maximum Gasteiger partial charge on any atom is 0.169 e. The van der Waals surface area contributed by atoms with Crippen LogP contribution in [0, 0.1) is 0 Å². The van der Waals surface area contributed by atoms with Crippen LogP contribution in [0.2, 0.25) is 0 Å². The summed E-state index contributed by atoms with van der Waals surface area (Å²) in [7, 11) is 3.28. The second-order valence-corrected chi connectivity index (χ2v) is 4.41. The molecule has 0 fully saturated rings. The van der Waals surface area contributed by atoms with Gasteiger partial charge in [0.2, 0.25) is 0 Å². The molecule has 0 spiro atoms. The van der Waals surface area contributed by atoms with Crippen molar-refractivity contribution in [1.82, 2.24) is 5.32 Å². The van der Waals surface area contributed by atoms with Crippen LogP contribution >= 0.6 is 15.9 Å². The Morgan fingerprint density at radius 3 is 2.44 bits per heavy atom. The molecule has 0 bridgehead atoms. The Bertz CT molecular complexity index is 316. The normalized spacial score (nSPS) is 13.1. The van der Waals surface area contributed by atoms with E-state index in [1.165, 1.54) is 5.56 Å². The molecule has 4 heteroatoms. The third-order valence-corrected chi connectivity index (χ3v) is 3.21. The maximum absolute atomic E-state index is 5.12. The molecule has 90 valence electrons. The molecule has 0 amide bonds. The molecule has 1 rings (SSSR count). The SMILES string of the molecule is COC(CN[C@@H](C)c1ccccc1Br)OC. The van der Waals surface area contributed by atoms with Crippen molar-refractivity contribution in [3.8, 4) is 0 Å². The predicted molar refractivity (Wildman–Crippen MR) is 68.4 cm³/mol. The van der Waals surface area contributed by atoms with Crippen LogP contribution < -0.4 is 5.32 Å². The molecule has 16 heavy (non-hydrogen) atoms. The fourth-order valence-corrected chi connectivity index (χ4v) is 2.10. The van der Waals surface area contributed by atoms with Crippen LogP contribution in [0.25, 0.3) is 0 Å². The zero-order valence-electron chi connectivity index (χ0n) is 9.87. The highest BCUT2D eigenvalue weighted by molar-refractivity contribution is 9.10. The first-order chi connectivity index (χ1) is 7.69. The average molecular weight is 288 g/mol. The summed E-state index contributed by atoms with van der Waals surface area (Å²) in [5.41, 5.74) is 1.23. The van der Waals surface area contributed by atoms with Gasteiger partial charge in [-0.05, 0) is 18.6 Å². The fourth-order valence-electron chi connectivity index (χ4n) is 1.47.